The zero-order valence-electron chi connectivity index (χ0n) is 11.1. The molecule has 1 aromatic heterocycles. The average Bonchev–Trinajstić information content (AvgIpc) is 2.89. The molecule has 0 amide bonds. The number of halogens is 2. The van der Waals surface area contributed by atoms with Crippen LogP contribution >= 0.6 is 23.2 Å². The molecule has 1 aromatic rings. The number of anilines is 2. The number of hydrogen-bond donors (Lipinski definition) is 2. The van der Waals surface area contributed by atoms with Crippen molar-refractivity contribution in [2.45, 2.75) is 31.7 Å². The molecule has 3 N–H and O–H groups in total. The van der Waals surface area contributed by atoms with Crippen molar-refractivity contribution in [1.82, 2.24) is 9.88 Å². The van der Waals surface area contributed by atoms with Crippen LogP contribution < -0.4 is 11.1 Å². The highest BCUT2D eigenvalue weighted by Crippen LogP contribution is 2.27. The molecule has 6 heteroatoms. The van der Waals surface area contributed by atoms with Crippen LogP contribution in [0, 0.1) is 0 Å². The van der Waals surface area contributed by atoms with E-state index in [1.54, 1.807) is 6.07 Å². The summed E-state index contributed by atoms with van der Waals surface area (Å²) in [4.78, 5) is 6.55. The summed E-state index contributed by atoms with van der Waals surface area (Å²) in [6, 6.07) is 2.34. The maximum atomic E-state index is 6.07. The van der Waals surface area contributed by atoms with Crippen LogP contribution in [0.2, 0.25) is 10.0 Å². The first-order valence-corrected chi connectivity index (χ1v) is 7.39. The summed E-state index contributed by atoms with van der Waals surface area (Å²) in [6.07, 6.45) is 5.32. The first-order valence-electron chi connectivity index (χ1n) is 6.63. The van der Waals surface area contributed by atoms with E-state index in [1.807, 2.05) is 0 Å². The molecule has 0 bridgehead atoms. The van der Waals surface area contributed by atoms with Crippen LogP contribution in [0.3, 0.4) is 0 Å². The van der Waals surface area contributed by atoms with E-state index in [0.29, 0.717) is 21.7 Å². The minimum Gasteiger partial charge on any atom is -0.382 e. The van der Waals surface area contributed by atoms with Crippen molar-refractivity contribution in [3.05, 3.63) is 16.1 Å². The summed E-state index contributed by atoms with van der Waals surface area (Å²) >= 11 is 11.9. The minimum atomic E-state index is 0.303. The van der Waals surface area contributed by atoms with Gasteiger partial charge in [0.1, 0.15) is 11.6 Å². The van der Waals surface area contributed by atoms with Crippen molar-refractivity contribution in [3.8, 4) is 0 Å². The van der Waals surface area contributed by atoms with Crippen molar-refractivity contribution >= 4 is 34.8 Å². The third-order valence-electron chi connectivity index (χ3n) is 3.66. The molecule has 1 heterocycles. The summed E-state index contributed by atoms with van der Waals surface area (Å²) in [5, 5.41) is 4.10. The van der Waals surface area contributed by atoms with Gasteiger partial charge in [-0.1, -0.05) is 36.0 Å². The van der Waals surface area contributed by atoms with Gasteiger partial charge in [-0.15, -0.1) is 0 Å². The first-order chi connectivity index (χ1) is 9.08. The molecule has 106 valence electrons. The van der Waals surface area contributed by atoms with Crippen molar-refractivity contribution < 1.29 is 0 Å². The highest BCUT2D eigenvalue weighted by atomic mass is 35.5. The van der Waals surface area contributed by atoms with E-state index in [1.165, 1.54) is 25.7 Å². The quantitative estimate of drug-likeness (QED) is 0.876. The number of nitrogens with one attached hydrogen (secondary N) is 1. The van der Waals surface area contributed by atoms with E-state index in [2.05, 4.69) is 22.2 Å². The molecule has 0 saturated heterocycles. The lowest BCUT2D eigenvalue weighted by atomic mass is 10.2. The topological polar surface area (TPSA) is 54.2 Å². The Morgan fingerprint density at radius 3 is 2.74 bits per heavy atom. The van der Waals surface area contributed by atoms with Gasteiger partial charge < -0.3 is 16.0 Å². The smallest absolute Gasteiger partial charge is 0.147 e. The van der Waals surface area contributed by atoms with Crippen molar-refractivity contribution in [3.63, 3.8) is 0 Å². The van der Waals surface area contributed by atoms with E-state index >= 15 is 0 Å². The minimum absolute atomic E-state index is 0.303. The number of rotatable bonds is 5. The fourth-order valence-electron chi connectivity index (χ4n) is 2.48. The number of likely N-dealkylation sites (N-methyl/N-ethyl adjacent to an activating group) is 1. The Balaban J connectivity index is 1.83. The number of nitrogens with zero attached hydrogens (tertiary/aromatic N) is 2. The highest BCUT2D eigenvalue weighted by molar-refractivity contribution is 6.37. The predicted molar refractivity (Wildman–Crippen MR) is 82.0 cm³/mol. The van der Waals surface area contributed by atoms with Crippen molar-refractivity contribution in [2.75, 3.05) is 31.2 Å². The van der Waals surface area contributed by atoms with E-state index in [4.69, 9.17) is 28.9 Å². The number of pyridine rings is 1. The number of nitrogen functional groups attached to an aromatic ring is 1. The second kappa shape index (κ2) is 6.64. The van der Waals surface area contributed by atoms with Crippen LogP contribution in [0.1, 0.15) is 25.7 Å². The lowest BCUT2D eigenvalue weighted by molar-refractivity contribution is 0.254. The third-order valence-corrected chi connectivity index (χ3v) is 4.25. The van der Waals surface area contributed by atoms with E-state index in [0.717, 1.165) is 19.1 Å². The molecule has 1 fully saturated rings. The van der Waals surface area contributed by atoms with Gasteiger partial charge in [0.25, 0.3) is 0 Å². The van der Waals surface area contributed by atoms with Gasteiger partial charge in [-0.3, -0.25) is 0 Å². The zero-order valence-corrected chi connectivity index (χ0v) is 12.6. The van der Waals surface area contributed by atoms with Crippen LogP contribution in [-0.2, 0) is 0 Å². The zero-order chi connectivity index (χ0) is 13.8. The molecular weight excluding hydrogens is 283 g/mol. The Kier molecular flexibility index (Phi) is 5.13. The first kappa shape index (κ1) is 14.7. The Bertz CT molecular complexity index is 433. The molecule has 1 aliphatic rings. The fraction of sp³-hybridized carbons (Fsp3) is 0.615. The van der Waals surface area contributed by atoms with Crippen LogP contribution in [0.15, 0.2) is 6.07 Å². The molecular formula is C13H20Cl2N4. The molecule has 0 spiro atoms. The fourth-order valence-corrected chi connectivity index (χ4v) is 2.91. The van der Waals surface area contributed by atoms with Crippen LogP contribution in [0.4, 0.5) is 11.6 Å². The molecule has 0 unspecified atom stereocenters. The Labute approximate surface area is 124 Å². The molecule has 4 nitrogen and oxygen atoms in total. The van der Waals surface area contributed by atoms with Gasteiger partial charge in [-0.2, -0.15) is 0 Å². The number of hydrogen-bond acceptors (Lipinski definition) is 4. The normalized spacial score (nSPS) is 16.2. The third kappa shape index (κ3) is 3.88. The van der Waals surface area contributed by atoms with Crippen LogP contribution in [0.25, 0.3) is 0 Å². The maximum Gasteiger partial charge on any atom is 0.147 e. The summed E-state index contributed by atoms with van der Waals surface area (Å²) in [5.74, 6) is 0.904. The number of aromatic nitrogens is 1. The van der Waals surface area contributed by atoms with Gasteiger partial charge in [0.05, 0.1) is 10.0 Å². The molecule has 0 aromatic carbocycles. The maximum absolute atomic E-state index is 6.07. The van der Waals surface area contributed by atoms with E-state index in [9.17, 15) is 0 Å². The van der Waals surface area contributed by atoms with Crippen molar-refractivity contribution in [2.24, 2.45) is 0 Å². The molecule has 0 aliphatic heterocycles. The molecule has 19 heavy (non-hydrogen) atoms. The van der Waals surface area contributed by atoms with E-state index in [-0.39, 0.29) is 0 Å². The SMILES string of the molecule is CN(CCNc1nc(N)c(Cl)cc1Cl)C1CCCC1. The van der Waals surface area contributed by atoms with Crippen LogP contribution in [0.5, 0.6) is 0 Å². The summed E-state index contributed by atoms with van der Waals surface area (Å²) in [6.45, 7) is 1.76. The molecule has 0 radical (unpaired) electrons. The summed E-state index contributed by atoms with van der Waals surface area (Å²) in [7, 11) is 2.17. The monoisotopic (exact) mass is 302 g/mol. The molecule has 1 saturated carbocycles. The van der Waals surface area contributed by atoms with E-state index < -0.39 is 0 Å². The standard InChI is InChI=1S/C13H20Cl2N4/c1-19(9-4-2-3-5-9)7-6-17-13-11(15)8-10(14)12(16)18-13/h8-9H,2-7H2,1H3,(H3,16,17,18). The van der Waals surface area contributed by atoms with Gasteiger partial charge in [-0.05, 0) is 26.0 Å². The van der Waals surface area contributed by atoms with Crippen molar-refractivity contribution in [1.29, 1.82) is 0 Å². The molecule has 2 rings (SSSR count). The Morgan fingerprint density at radius 2 is 2.05 bits per heavy atom. The lowest BCUT2D eigenvalue weighted by Crippen LogP contribution is -2.33. The van der Waals surface area contributed by atoms with Gasteiger partial charge in [-0.25, -0.2) is 4.98 Å². The van der Waals surface area contributed by atoms with Gasteiger partial charge in [0, 0.05) is 19.1 Å². The highest BCUT2D eigenvalue weighted by Gasteiger charge is 2.18. The molecule has 0 atom stereocenters. The Morgan fingerprint density at radius 1 is 1.37 bits per heavy atom. The van der Waals surface area contributed by atoms with Gasteiger partial charge in [0.15, 0.2) is 0 Å². The van der Waals surface area contributed by atoms with Gasteiger partial charge >= 0.3 is 0 Å². The summed E-state index contributed by atoms with van der Waals surface area (Å²) < 4.78 is 0. The second-order valence-corrected chi connectivity index (χ2v) is 5.85. The number of nitrogens with two attached hydrogens (primary N) is 1. The van der Waals surface area contributed by atoms with Gasteiger partial charge in [0.2, 0.25) is 0 Å². The lowest BCUT2D eigenvalue weighted by Gasteiger charge is -2.24. The molecule has 1 aliphatic carbocycles. The predicted octanol–water partition coefficient (Wildman–Crippen LogP) is 3.26. The second-order valence-electron chi connectivity index (χ2n) is 5.03. The van der Waals surface area contributed by atoms with Crippen LogP contribution in [-0.4, -0.2) is 36.1 Å². The summed E-state index contributed by atoms with van der Waals surface area (Å²) in [5.41, 5.74) is 5.67. The average molecular weight is 303 g/mol. The Hall–Kier alpha value is -0.710. The largest absolute Gasteiger partial charge is 0.382 e.